The van der Waals surface area contributed by atoms with Crippen LogP contribution in [0.1, 0.15) is 21.5 Å². The fourth-order valence-corrected chi connectivity index (χ4v) is 3.41. The molecule has 9 heteroatoms. The van der Waals surface area contributed by atoms with Crippen molar-refractivity contribution in [3.63, 3.8) is 0 Å². The summed E-state index contributed by atoms with van der Waals surface area (Å²) in [6, 6.07) is 19.3. The van der Waals surface area contributed by atoms with Crippen LogP contribution in [0.2, 0.25) is 0 Å². The number of anilines is 1. The topological polar surface area (TPSA) is 50.4 Å². The summed E-state index contributed by atoms with van der Waals surface area (Å²) in [5, 5.41) is 4.94. The van der Waals surface area contributed by atoms with Crippen molar-refractivity contribution in [2.75, 3.05) is 11.9 Å². The van der Waals surface area contributed by atoms with Crippen LogP contribution < -0.4 is 15.4 Å². The molecule has 0 unspecified atom stereocenters. The monoisotopic (exact) mass is 522 g/mol. The molecule has 0 fully saturated rings. The minimum atomic E-state index is -4.48. The molecule has 1 amide bonds. The highest BCUT2D eigenvalue weighted by Gasteiger charge is 2.30. The summed E-state index contributed by atoms with van der Waals surface area (Å²) in [5.41, 5.74) is 0.624. The average molecular weight is 523 g/mol. The Bertz CT molecular complexity index is 1110. The van der Waals surface area contributed by atoms with Crippen LogP contribution in [0.4, 0.5) is 18.9 Å². The summed E-state index contributed by atoms with van der Waals surface area (Å²) in [7, 11) is 0. The van der Waals surface area contributed by atoms with Gasteiger partial charge in [-0.25, -0.2) is 0 Å². The second-order valence-electron chi connectivity index (χ2n) is 6.71. The number of thiocarbonyl (C=S) groups is 1. The molecule has 32 heavy (non-hydrogen) atoms. The van der Waals surface area contributed by atoms with Crippen molar-refractivity contribution in [1.29, 1.82) is 0 Å². The Balaban J connectivity index is 1.65. The Hall–Kier alpha value is -2.91. The lowest BCUT2D eigenvalue weighted by Crippen LogP contribution is -2.34. The SMILES string of the molecule is O=C(NC(=S)Nc1cccc(C(F)(F)F)c1)c1cc(Br)ccc1OCCc1ccccc1. The number of hydrogen-bond acceptors (Lipinski definition) is 3. The van der Waals surface area contributed by atoms with Gasteiger partial charge in [-0.3, -0.25) is 10.1 Å². The van der Waals surface area contributed by atoms with Crippen LogP contribution >= 0.6 is 28.1 Å². The highest BCUT2D eigenvalue weighted by Crippen LogP contribution is 2.30. The third-order valence-electron chi connectivity index (χ3n) is 4.35. The molecule has 0 saturated heterocycles. The molecular formula is C23H18BrF3N2O2S. The van der Waals surface area contributed by atoms with Gasteiger partial charge in [0.1, 0.15) is 5.75 Å². The van der Waals surface area contributed by atoms with Crippen molar-refractivity contribution < 1.29 is 22.7 Å². The predicted molar refractivity (Wildman–Crippen MR) is 125 cm³/mol. The zero-order chi connectivity index (χ0) is 23.1. The molecule has 3 aromatic rings. The van der Waals surface area contributed by atoms with Gasteiger partial charge in [-0.15, -0.1) is 0 Å². The van der Waals surface area contributed by atoms with Crippen molar-refractivity contribution in [2.24, 2.45) is 0 Å². The smallest absolute Gasteiger partial charge is 0.416 e. The Morgan fingerprint density at radius 3 is 2.47 bits per heavy atom. The van der Waals surface area contributed by atoms with Gasteiger partial charge < -0.3 is 10.1 Å². The van der Waals surface area contributed by atoms with Gasteiger partial charge in [-0.2, -0.15) is 13.2 Å². The summed E-state index contributed by atoms with van der Waals surface area (Å²) in [4.78, 5) is 12.8. The molecule has 3 aromatic carbocycles. The summed E-state index contributed by atoms with van der Waals surface area (Å²) in [6.07, 6.45) is -3.82. The first-order valence-corrected chi connectivity index (χ1v) is 10.7. The second-order valence-corrected chi connectivity index (χ2v) is 8.04. The van der Waals surface area contributed by atoms with Gasteiger partial charge in [0.05, 0.1) is 17.7 Å². The van der Waals surface area contributed by atoms with E-state index < -0.39 is 17.6 Å². The lowest BCUT2D eigenvalue weighted by Gasteiger charge is -2.14. The fraction of sp³-hybridized carbons (Fsp3) is 0.130. The first-order chi connectivity index (χ1) is 15.2. The number of halogens is 4. The first-order valence-electron chi connectivity index (χ1n) is 9.48. The third-order valence-corrected chi connectivity index (χ3v) is 5.05. The molecular weight excluding hydrogens is 505 g/mol. The minimum Gasteiger partial charge on any atom is -0.492 e. The lowest BCUT2D eigenvalue weighted by molar-refractivity contribution is -0.137. The Morgan fingerprint density at radius 1 is 1.00 bits per heavy atom. The van der Waals surface area contributed by atoms with Crippen molar-refractivity contribution in [3.8, 4) is 5.75 Å². The molecule has 3 rings (SSSR count). The van der Waals surface area contributed by atoms with Crippen LogP contribution in [0.3, 0.4) is 0 Å². The van der Waals surface area contributed by atoms with Gasteiger partial charge in [0.25, 0.3) is 5.91 Å². The van der Waals surface area contributed by atoms with Gasteiger partial charge >= 0.3 is 6.18 Å². The highest BCUT2D eigenvalue weighted by atomic mass is 79.9. The van der Waals surface area contributed by atoms with E-state index in [0.29, 0.717) is 23.2 Å². The molecule has 0 atom stereocenters. The van der Waals surface area contributed by atoms with Gasteiger partial charge in [0.15, 0.2) is 5.11 Å². The largest absolute Gasteiger partial charge is 0.492 e. The van der Waals surface area contributed by atoms with E-state index in [1.807, 2.05) is 30.3 Å². The molecule has 0 aromatic heterocycles. The summed E-state index contributed by atoms with van der Waals surface area (Å²) < 4.78 is 45.1. The standard InChI is InChI=1S/C23H18BrF3N2O2S/c24-17-9-10-20(31-12-11-15-5-2-1-3-6-15)19(14-17)21(30)29-22(32)28-18-8-4-7-16(13-18)23(25,26)27/h1-10,13-14H,11-12H2,(H2,28,29,30,32). The summed E-state index contributed by atoms with van der Waals surface area (Å²) >= 11 is 8.43. The number of ether oxygens (including phenoxy) is 1. The molecule has 0 heterocycles. The fourth-order valence-electron chi connectivity index (χ4n) is 2.84. The summed E-state index contributed by atoms with van der Waals surface area (Å²) in [6.45, 7) is 0.360. The number of benzene rings is 3. The maximum Gasteiger partial charge on any atom is 0.416 e. The van der Waals surface area contributed by atoms with Crippen LogP contribution in [-0.2, 0) is 12.6 Å². The number of amides is 1. The van der Waals surface area contributed by atoms with E-state index >= 15 is 0 Å². The first kappa shape index (κ1) is 23.7. The normalized spacial score (nSPS) is 11.0. The molecule has 0 bridgehead atoms. The van der Waals surface area contributed by atoms with Gasteiger partial charge in [-0.05, 0) is 54.2 Å². The van der Waals surface area contributed by atoms with E-state index in [0.717, 1.165) is 17.7 Å². The molecule has 166 valence electrons. The quantitative estimate of drug-likeness (QED) is 0.377. The van der Waals surface area contributed by atoms with Gasteiger partial charge in [0, 0.05) is 16.6 Å². The zero-order valence-corrected chi connectivity index (χ0v) is 19.0. The third kappa shape index (κ3) is 6.80. The predicted octanol–water partition coefficient (Wildman–Crippen LogP) is 6.22. The van der Waals surface area contributed by atoms with Crippen LogP contribution in [0, 0.1) is 0 Å². The second kappa shape index (κ2) is 10.6. The van der Waals surface area contributed by atoms with E-state index in [2.05, 4.69) is 26.6 Å². The summed E-state index contributed by atoms with van der Waals surface area (Å²) in [5.74, 6) is -0.186. The van der Waals surface area contributed by atoms with Crippen molar-refractivity contribution >= 4 is 44.9 Å². The molecule has 2 N–H and O–H groups in total. The molecule has 0 saturated carbocycles. The van der Waals surface area contributed by atoms with Crippen molar-refractivity contribution in [3.05, 3.63) is 94.0 Å². The lowest BCUT2D eigenvalue weighted by atomic mass is 10.1. The maximum atomic E-state index is 12.9. The van der Waals surface area contributed by atoms with E-state index in [1.54, 1.807) is 18.2 Å². The molecule has 0 spiro atoms. The number of carbonyl (C=O) groups excluding carboxylic acids is 1. The minimum absolute atomic E-state index is 0.110. The number of carbonyl (C=O) groups is 1. The van der Waals surface area contributed by atoms with Crippen molar-refractivity contribution in [2.45, 2.75) is 12.6 Å². The highest BCUT2D eigenvalue weighted by molar-refractivity contribution is 9.10. The van der Waals surface area contributed by atoms with E-state index in [9.17, 15) is 18.0 Å². The number of hydrogen-bond donors (Lipinski definition) is 2. The molecule has 0 aliphatic heterocycles. The Morgan fingerprint density at radius 2 is 1.75 bits per heavy atom. The molecule has 0 radical (unpaired) electrons. The zero-order valence-electron chi connectivity index (χ0n) is 16.6. The van der Waals surface area contributed by atoms with Crippen LogP contribution in [-0.4, -0.2) is 17.6 Å². The molecule has 0 aliphatic rings. The Kier molecular flexibility index (Phi) is 7.87. The molecule has 0 aliphatic carbocycles. The van der Waals surface area contributed by atoms with E-state index in [-0.39, 0.29) is 16.4 Å². The van der Waals surface area contributed by atoms with Gasteiger partial charge in [-0.1, -0.05) is 52.3 Å². The van der Waals surface area contributed by atoms with E-state index in [4.69, 9.17) is 17.0 Å². The number of nitrogens with one attached hydrogen (secondary N) is 2. The van der Waals surface area contributed by atoms with Crippen molar-refractivity contribution in [1.82, 2.24) is 5.32 Å². The molecule has 4 nitrogen and oxygen atoms in total. The van der Waals surface area contributed by atoms with Crippen LogP contribution in [0.5, 0.6) is 5.75 Å². The van der Waals surface area contributed by atoms with Crippen LogP contribution in [0.25, 0.3) is 0 Å². The Labute approximate surface area is 196 Å². The van der Waals surface area contributed by atoms with E-state index in [1.165, 1.54) is 12.1 Å². The maximum absolute atomic E-state index is 12.9. The van der Waals surface area contributed by atoms with Crippen LogP contribution in [0.15, 0.2) is 77.3 Å². The van der Waals surface area contributed by atoms with Gasteiger partial charge in [0.2, 0.25) is 0 Å². The number of alkyl halides is 3. The number of rotatable bonds is 6. The average Bonchev–Trinajstić information content (AvgIpc) is 2.75.